The predicted molar refractivity (Wildman–Crippen MR) is 102 cm³/mol. The van der Waals surface area contributed by atoms with Crippen LogP contribution in [0.1, 0.15) is 27.6 Å². The van der Waals surface area contributed by atoms with Gasteiger partial charge in [-0.1, -0.05) is 24.3 Å². The molecule has 3 N–H and O–H groups in total. The molecule has 0 fully saturated rings. The van der Waals surface area contributed by atoms with Crippen molar-refractivity contribution in [3.63, 3.8) is 0 Å². The zero-order valence-electron chi connectivity index (χ0n) is 15.2. The number of non-ortho nitro benzene ring substituents is 1. The SMILES string of the molecule is CC(NC(=O)c1cccc([N+](=O)[O-])c1)C(=O)NCCNC(=O)c1ccccc1. The number of nitrogens with one attached hydrogen (secondary N) is 3. The summed E-state index contributed by atoms with van der Waals surface area (Å²) in [5, 5.41) is 18.5. The molecule has 9 nitrogen and oxygen atoms in total. The number of rotatable bonds is 8. The molecule has 0 aromatic heterocycles. The van der Waals surface area contributed by atoms with Crippen LogP contribution in [-0.2, 0) is 4.79 Å². The maximum atomic E-state index is 12.1. The Morgan fingerprint density at radius 2 is 1.57 bits per heavy atom. The topological polar surface area (TPSA) is 130 Å². The Morgan fingerprint density at radius 3 is 2.25 bits per heavy atom. The van der Waals surface area contributed by atoms with Gasteiger partial charge in [0.1, 0.15) is 6.04 Å². The van der Waals surface area contributed by atoms with Crippen LogP contribution >= 0.6 is 0 Å². The minimum absolute atomic E-state index is 0.0870. The van der Waals surface area contributed by atoms with E-state index in [9.17, 15) is 24.5 Å². The molecule has 2 rings (SSSR count). The van der Waals surface area contributed by atoms with E-state index in [4.69, 9.17) is 0 Å². The molecule has 0 aliphatic rings. The van der Waals surface area contributed by atoms with E-state index in [1.54, 1.807) is 30.3 Å². The van der Waals surface area contributed by atoms with Crippen molar-refractivity contribution in [3.8, 4) is 0 Å². The van der Waals surface area contributed by atoms with E-state index in [0.29, 0.717) is 5.56 Å². The highest BCUT2D eigenvalue weighted by Crippen LogP contribution is 2.13. The average Bonchev–Trinajstić information content (AvgIpc) is 2.71. The molecular formula is C19H20N4O5. The quantitative estimate of drug-likeness (QED) is 0.358. The van der Waals surface area contributed by atoms with Crippen molar-refractivity contribution in [1.29, 1.82) is 0 Å². The molecule has 0 aliphatic heterocycles. The Morgan fingerprint density at radius 1 is 0.929 bits per heavy atom. The normalized spacial score (nSPS) is 11.2. The summed E-state index contributed by atoms with van der Waals surface area (Å²) in [5.74, 6) is -1.28. The molecular weight excluding hydrogens is 364 g/mol. The van der Waals surface area contributed by atoms with Gasteiger partial charge in [-0.25, -0.2) is 0 Å². The van der Waals surface area contributed by atoms with Crippen molar-refractivity contribution in [2.45, 2.75) is 13.0 Å². The summed E-state index contributed by atoms with van der Waals surface area (Å²) in [6.45, 7) is 1.91. The van der Waals surface area contributed by atoms with Crippen LogP contribution in [0.2, 0.25) is 0 Å². The third kappa shape index (κ3) is 5.90. The van der Waals surface area contributed by atoms with Crippen molar-refractivity contribution in [2.75, 3.05) is 13.1 Å². The number of carbonyl (C=O) groups is 3. The molecule has 2 aromatic rings. The number of nitro benzene ring substituents is 1. The first-order valence-electron chi connectivity index (χ1n) is 8.54. The van der Waals surface area contributed by atoms with Crippen LogP contribution in [0, 0.1) is 10.1 Å². The highest BCUT2D eigenvalue weighted by Gasteiger charge is 2.18. The fourth-order valence-electron chi connectivity index (χ4n) is 2.31. The number of hydrogen-bond donors (Lipinski definition) is 3. The lowest BCUT2D eigenvalue weighted by atomic mass is 10.1. The number of nitrogens with zero attached hydrogens (tertiary/aromatic N) is 1. The van der Waals surface area contributed by atoms with Gasteiger partial charge in [0.25, 0.3) is 17.5 Å². The Bertz CT molecular complexity index is 870. The van der Waals surface area contributed by atoms with Crippen LogP contribution in [0.25, 0.3) is 0 Å². The molecule has 3 amide bonds. The van der Waals surface area contributed by atoms with Crippen molar-refractivity contribution < 1.29 is 19.3 Å². The van der Waals surface area contributed by atoms with Gasteiger partial charge in [-0.3, -0.25) is 24.5 Å². The first-order chi connectivity index (χ1) is 13.4. The monoisotopic (exact) mass is 384 g/mol. The smallest absolute Gasteiger partial charge is 0.270 e. The standard InChI is InChI=1S/C19H20N4O5/c1-13(22-19(26)15-8-5-9-16(12-15)23(27)28)17(24)20-10-11-21-18(25)14-6-3-2-4-7-14/h2-9,12-13H,10-11H2,1H3,(H,20,24)(H,21,25)(H,22,26). The molecule has 0 heterocycles. The second-order valence-corrected chi connectivity index (χ2v) is 5.92. The van der Waals surface area contributed by atoms with Gasteiger partial charge >= 0.3 is 0 Å². The molecule has 0 saturated heterocycles. The maximum Gasteiger partial charge on any atom is 0.270 e. The lowest BCUT2D eigenvalue weighted by molar-refractivity contribution is -0.384. The minimum Gasteiger partial charge on any atom is -0.353 e. The number of benzene rings is 2. The van der Waals surface area contributed by atoms with Gasteiger partial charge in [0.15, 0.2) is 0 Å². The molecule has 0 saturated carbocycles. The van der Waals surface area contributed by atoms with Crippen LogP contribution in [0.4, 0.5) is 5.69 Å². The lowest BCUT2D eigenvalue weighted by Gasteiger charge is -2.14. The maximum absolute atomic E-state index is 12.1. The average molecular weight is 384 g/mol. The van der Waals surface area contributed by atoms with Gasteiger partial charge in [0, 0.05) is 36.3 Å². The molecule has 9 heteroatoms. The molecule has 146 valence electrons. The van der Waals surface area contributed by atoms with E-state index in [0.717, 1.165) is 6.07 Å². The molecule has 28 heavy (non-hydrogen) atoms. The van der Waals surface area contributed by atoms with Gasteiger partial charge in [-0.05, 0) is 25.1 Å². The molecule has 0 spiro atoms. The minimum atomic E-state index is -0.850. The Labute approximate surface area is 161 Å². The van der Waals surface area contributed by atoms with Crippen molar-refractivity contribution in [3.05, 3.63) is 75.8 Å². The van der Waals surface area contributed by atoms with E-state index in [1.807, 2.05) is 0 Å². The molecule has 2 aromatic carbocycles. The molecule has 0 radical (unpaired) electrons. The summed E-state index contributed by atoms with van der Waals surface area (Å²) in [5.41, 5.74) is 0.397. The first kappa shape index (κ1) is 20.6. The predicted octanol–water partition coefficient (Wildman–Crippen LogP) is 1.26. The fourth-order valence-corrected chi connectivity index (χ4v) is 2.31. The summed E-state index contributed by atoms with van der Waals surface area (Å²) >= 11 is 0. The van der Waals surface area contributed by atoms with Gasteiger partial charge in [0.2, 0.25) is 5.91 Å². The first-order valence-corrected chi connectivity index (χ1v) is 8.54. The highest BCUT2D eigenvalue weighted by molar-refractivity contribution is 5.98. The number of nitro groups is 1. The summed E-state index contributed by atoms with van der Waals surface area (Å²) in [7, 11) is 0. The fraction of sp³-hybridized carbons (Fsp3) is 0.211. The van der Waals surface area contributed by atoms with Crippen molar-refractivity contribution in [1.82, 2.24) is 16.0 Å². The van der Waals surface area contributed by atoms with Gasteiger partial charge in [0.05, 0.1) is 4.92 Å². The van der Waals surface area contributed by atoms with Gasteiger partial charge in [-0.2, -0.15) is 0 Å². The van der Waals surface area contributed by atoms with E-state index in [2.05, 4.69) is 16.0 Å². The zero-order chi connectivity index (χ0) is 20.5. The second-order valence-electron chi connectivity index (χ2n) is 5.92. The summed E-state index contributed by atoms with van der Waals surface area (Å²) in [6.07, 6.45) is 0. The molecule has 1 atom stereocenters. The third-order valence-corrected chi connectivity index (χ3v) is 3.81. The van der Waals surface area contributed by atoms with Crippen molar-refractivity contribution >= 4 is 23.4 Å². The summed E-state index contributed by atoms with van der Waals surface area (Å²) < 4.78 is 0. The summed E-state index contributed by atoms with van der Waals surface area (Å²) in [6, 6.07) is 13.1. The van der Waals surface area contributed by atoms with Gasteiger partial charge < -0.3 is 16.0 Å². The molecule has 1 unspecified atom stereocenters. The summed E-state index contributed by atoms with van der Waals surface area (Å²) in [4.78, 5) is 46.2. The second kappa shape index (κ2) is 9.81. The van der Waals surface area contributed by atoms with Crippen LogP contribution in [0.15, 0.2) is 54.6 Å². The number of hydrogen-bond acceptors (Lipinski definition) is 5. The molecule has 0 aliphatic carbocycles. The highest BCUT2D eigenvalue weighted by atomic mass is 16.6. The Hall–Kier alpha value is -3.75. The van der Waals surface area contributed by atoms with Crippen molar-refractivity contribution in [2.24, 2.45) is 0 Å². The largest absolute Gasteiger partial charge is 0.353 e. The van der Waals surface area contributed by atoms with Crippen LogP contribution < -0.4 is 16.0 Å². The lowest BCUT2D eigenvalue weighted by Crippen LogP contribution is -2.46. The number of carbonyl (C=O) groups excluding carboxylic acids is 3. The van der Waals surface area contributed by atoms with E-state index in [1.165, 1.54) is 25.1 Å². The van der Waals surface area contributed by atoms with Gasteiger partial charge in [-0.15, -0.1) is 0 Å². The van der Waals surface area contributed by atoms with Crippen LogP contribution in [-0.4, -0.2) is 41.8 Å². The zero-order valence-corrected chi connectivity index (χ0v) is 15.2. The van der Waals surface area contributed by atoms with E-state index >= 15 is 0 Å². The third-order valence-electron chi connectivity index (χ3n) is 3.81. The van der Waals surface area contributed by atoms with E-state index < -0.39 is 22.8 Å². The number of amides is 3. The van der Waals surface area contributed by atoms with Crippen LogP contribution in [0.5, 0.6) is 0 Å². The van der Waals surface area contributed by atoms with Crippen LogP contribution in [0.3, 0.4) is 0 Å². The Balaban J connectivity index is 1.76. The van der Waals surface area contributed by atoms with E-state index in [-0.39, 0.29) is 30.2 Å². The molecule has 0 bridgehead atoms. The Kier molecular flexibility index (Phi) is 7.21.